The van der Waals surface area contributed by atoms with Crippen molar-refractivity contribution in [3.63, 3.8) is 0 Å². The van der Waals surface area contributed by atoms with Crippen LogP contribution in [0.15, 0.2) is 58.1 Å². The van der Waals surface area contributed by atoms with E-state index in [-0.39, 0.29) is 5.91 Å². The standard InChI is InChI=1S/C18H21BrN2O2/c1-3-9-21(10-8-15-5-4-11-23-15)13-18(22)20-17-7-6-14(2)12-16(17)19/h3-7,11-12H,1,8-10,13H2,2H3,(H,20,22). The second kappa shape index (κ2) is 8.70. The van der Waals surface area contributed by atoms with Crippen molar-refractivity contribution in [3.05, 3.63) is 65.0 Å². The Kier molecular flexibility index (Phi) is 6.62. The minimum Gasteiger partial charge on any atom is -0.469 e. The lowest BCUT2D eigenvalue weighted by atomic mass is 10.2. The topological polar surface area (TPSA) is 45.5 Å². The maximum Gasteiger partial charge on any atom is 0.238 e. The van der Waals surface area contributed by atoms with Gasteiger partial charge in [0, 0.05) is 24.0 Å². The number of benzene rings is 1. The SMILES string of the molecule is C=CCN(CCc1ccco1)CC(=O)Nc1ccc(C)cc1Br. The van der Waals surface area contributed by atoms with Gasteiger partial charge in [-0.2, -0.15) is 0 Å². The number of halogens is 1. The summed E-state index contributed by atoms with van der Waals surface area (Å²) in [6.07, 6.45) is 4.23. The van der Waals surface area contributed by atoms with E-state index < -0.39 is 0 Å². The van der Waals surface area contributed by atoms with Crippen LogP contribution in [0.3, 0.4) is 0 Å². The van der Waals surface area contributed by atoms with E-state index >= 15 is 0 Å². The highest BCUT2D eigenvalue weighted by Gasteiger charge is 2.12. The minimum atomic E-state index is -0.0455. The minimum absolute atomic E-state index is 0.0455. The van der Waals surface area contributed by atoms with Crippen molar-refractivity contribution in [2.45, 2.75) is 13.3 Å². The van der Waals surface area contributed by atoms with Crippen LogP contribution in [0.25, 0.3) is 0 Å². The number of anilines is 1. The first-order chi connectivity index (χ1) is 11.1. The van der Waals surface area contributed by atoms with E-state index in [0.29, 0.717) is 13.1 Å². The monoisotopic (exact) mass is 376 g/mol. The molecule has 1 N–H and O–H groups in total. The van der Waals surface area contributed by atoms with Crippen molar-refractivity contribution in [3.8, 4) is 0 Å². The van der Waals surface area contributed by atoms with Gasteiger partial charge in [0.25, 0.3) is 0 Å². The number of furan rings is 1. The van der Waals surface area contributed by atoms with Gasteiger partial charge in [0.15, 0.2) is 0 Å². The lowest BCUT2D eigenvalue weighted by Crippen LogP contribution is -2.34. The fourth-order valence-corrected chi connectivity index (χ4v) is 2.85. The fraction of sp³-hybridized carbons (Fsp3) is 0.278. The molecule has 0 aliphatic rings. The lowest BCUT2D eigenvalue weighted by molar-refractivity contribution is -0.117. The molecule has 1 aromatic heterocycles. The molecule has 0 atom stereocenters. The first-order valence-corrected chi connectivity index (χ1v) is 8.29. The zero-order valence-electron chi connectivity index (χ0n) is 13.2. The van der Waals surface area contributed by atoms with Gasteiger partial charge in [0.2, 0.25) is 5.91 Å². The first-order valence-electron chi connectivity index (χ1n) is 7.50. The van der Waals surface area contributed by atoms with Crippen LogP contribution in [0.5, 0.6) is 0 Å². The van der Waals surface area contributed by atoms with Crippen LogP contribution in [0.4, 0.5) is 5.69 Å². The molecule has 0 bridgehead atoms. The van der Waals surface area contributed by atoms with Gasteiger partial charge in [-0.05, 0) is 52.7 Å². The normalized spacial score (nSPS) is 10.7. The van der Waals surface area contributed by atoms with Gasteiger partial charge in [0.05, 0.1) is 18.5 Å². The number of rotatable bonds is 8. The van der Waals surface area contributed by atoms with Crippen LogP contribution in [-0.2, 0) is 11.2 Å². The summed E-state index contributed by atoms with van der Waals surface area (Å²) in [4.78, 5) is 14.3. The summed E-state index contributed by atoms with van der Waals surface area (Å²) in [5.74, 6) is 0.872. The summed E-state index contributed by atoms with van der Waals surface area (Å²) in [5.41, 5.74) is 1.92. The Morgan fingerprint density at radius 2 is 2.26 bits per heavy atom. The Balaban J connectivity index is 1.90. The van der Waals surface area contributed by atoms with Gasteiger partial charge in [0.1, 0.15) is 5.76 Å². The summed E-state index contributed by atoms with van der Waals surface area (Å²) >= 11 is 3.47. The molecule has 0 aliphatic carbocycles. The second-order valence-corrected chi connectivity index (χ2v) is 6.24. The number of carbonyl (C=O) groups is 1. The van der Waals surface area contributed by atoms with E-state index in [1.807, 2.05) is 42.2 Å². The molecule has 0 spiro atoms. The van der Waals surface area contributed by atoms with Crippen LogP contribution < -0.4 is 5.32 Å². The Morgan fingerprint density at radius 3 is 2.91 bits per heavy atom. The summed E-state index contributed by atoms with van der Waals surface area (Å²) in [5, 5.41) is 2.93. The average molecular weight is 377 g/mol. The molecule has 5 heteroatoms. The average Bonchev–Trinajstić information content (AvgIpc) is 3.01. The quantitative estimate of drug-likeness (QED) is 0.707. The molecule has 1 aromatic carbocycles. The molecular weight excluding hydrogens is 356 g/mol. The molecular formula is C18H21BrN2O2. The summed E-state index contributed by atoms with van der Waals surface area (Å²) in [6, 6.07) is 9.66. The molecule has 0 radical (unpaired) electrons. The Hall–Kier alpha value is -1.85. The molecule has 4 nitrogen and oxygen atoms in total. The maximum absolute atomic E-state index is 12.3. The summed E-state index contributed by atoms with van der Waals surface area (Å²) < 4.78 is 6.22. The molecule has 1 heterocycles. The number of hydrogen-bond donors (Lipinski definition) is 1. The zero-order valence-corrected chi connectivity index (χ0v) is 14.8. The van der Waals surface area contributed by atoms with Gasteiger partial charge < -0.3 is 9.73 Å². The molecule has 0 saturated heterocycles. The summed E-state index contributed by atoms with van der Waals surface area (Å²) in [7, 11) is 0. The molecule has 0 unspecified atom stereocenters. The number of amides is 1. The van der Waals surface area contributed by atoms with Crippen molar-refractivity contribution in [1.82, 2.24) is 4.90 Å². The Bertz CT molecular complexity index is 653. The Labute approximate surface area is 145 Å². The van der Waals surface area contributed by atoms with Gasteiger partial charge in [-0.1, -0.05) is 12.1 Å². The van der Waals surface area contributed by atoms with Gasteiger partial charge in [-0.15, -0.1) is 6.58 Å². The molecule has 0 aliphatic heterocycles. The van der Waals surface area contributed by atoms with Crippen LogP contribution in [0.1, 0.15) is 11.3 Å². The third-order valence-electron chi connectivity index (χ3n) is 3.41. The lowest BCUT2D eigenvalue weighted by Gasteiger charge is -2.19. The second-order valence-electron chi connectivity index (χ2n) is 5.38. The van der Waals surface area contributed by atoms with E-state index in [9.17, 15) is 4.79 Å². The first kappa shape index (κ1) is 17.5. The molecule has 0 fully saturated rings. The van der Waals surface area contributed by atoms with Gasteiger partial charge in [-0.3, -0.25) is 9.69 Å². The van der Waals surface area contributed by atoms with E-state index in [2.05, 4.69) is 27.8 Å². The highest BCUT2D eigenvalue weighted by molar-refractivity contribution is 9.10. The predicted octanol–water partition coefficient (Wildman–Crippen LogP) is 4.02. The number of nitrogens with zero attached hydrogens (tertiary/aromatic N) is 1. The molecule has 2 aromatic rings. The highest BCUT2D eigenvalue weighted by Crippen LogP contribution is 2.23. The fourth-order valence-electron chi connectivity index (χ4n) is 2.25. The molecule has 0 saturated carbocycles. The number of carbonyl (C=O) groups excluding carboxylic acids is 1. The van der Waals surface area contributed by atoms with Crippen LogP contribution >= 0.6 is 15.9 Å². The number of aryl methyl sites for hydroxylation is 1. The zero-order chi connectivity index (χ0) is 16.7. The summed E-state index contributed by atoms with van der Waals surface area (Å²) in [6.45, 7) is 7.47. The smallest absolute Gasteiger partial charge is 0.238 e. The Morgan fingerprint density at radius 1 is 1.43 bits per heavy atom. The van der Waals surface area contributed by atoms with Gasteiger partial charge in [-0.25, -0.2) is 0 Å². The van der Waals surface area contributed by atoms with Crippen molar-refractivity contribution < 1.29 is 9.21 Å². The molecule has 2 rings (SSSR count). The van der Waals surface area contributed by atoms with Crippen molar-refractivity contribution in [2.24, 2.45) is 0 Å². The largest absolute Gasteiger partial charge is 0.469 e. The molecule has 122 valence electrons. The van der Waals surface area contributed by atoms with Crippen molar-refractivity contribution in [2.75, 3.05) is 25.0 Å². The third-order valence-corrected chi connectivity index (χ3v) is 4.06. The highest BCUT2D eigenvalue weighted by atomic mass is 79.9. The van der Waals surface area contributed by atoms with E-state index in [1.54, 1.807) is 12.3 Å². The maximum atomic E-state index is 12.3. The molecule has 23 heavy (non-hydrogen) atoms. The van der Waals surface area contributed by atoms with Crippen molar-refractivity contribution >= 4 is 27.5 Å². The number of nitrogens with one attached hydrogen (secondary N) is 1. The van der Waals surface area contributed by atoms with Crippen LogP contribution in [-0.4, -0.2) is 30.4 Å². The van der Waals surface area contributed by atoms with Crippen molar-refractivity contribution in [1.29, 1.82) is 0 Å². The third kappa shape index (κ3) is 5.69. The van der Waals surface area contributed by atoms with E-state index in [0.717, 1.165) is 34.4 Å². The predicted molar refractivity (Wildman–Crippen MR) is 96.6 cm³/mol. The molecule has 1 amide bonds. The number of hydrogen-bond acceptors (Lipinski definition) is 3. The van der Waals surface area contributed by atoms with E-state index in [1.165, 1.54) is 0 Å². The van der Waals surface area contributed by atoms with E-state index in [4.69, 9.17) is 4.42 Å². The van der Waals surface area contributed by atoms with Gasteiger partial charge >= 0.3 is 0 Å². The van der Waals surface area contributed by atoms with Crippen LogP contribution in [0, 0.1) is 6.92 Å². The van der Waals surface area contributed by atoms with Crippen LogP contribution in [0.2, 0.25) is 0 Å².